The van der Waals surface area contributed by atoms with Crippen molar-refractivity contribution in [3.8, 4) is 0 Å². The summed E-state index contributed by atoms with van der Waals surface area (Å²) < 4.78 is 0.558. The van der Waals surface area contributed by atoms with Crippen molar-refractivity contribution in [1.82, 2.24) is 10.2 Å². The molecule has 0 saturated carbocycles. The Morgan fingerprint density at radius 2 is 2.43 bits per heavy atom. The van der Waals surface area contributed by atoms with E-state index < -0.39 is 0 Å². The molecule has 0 aromatic rings. The van der Waals surface area contributed by atoms with Crippen LogP contribution < -0.4 is 5.32 Å². The number of likely N-dealkylation sites (N-methyl/N-ethyl adjacent to an activating group) is 1. The lowest BCUT2D eigenvalue weighted by atomic mass is 10.1. The SMILES string of the molecule is CNC1CCN(CC2(C)CCCS2)C1. The molecule has 0 spiro atoms. The van der Waals surface area contributed by atoms with Crippen molar-refractivity contribution in [1.29, 1.82) is 0 Å². The average molecular weight is 214 g/mol. The van der Waals surface area contributed by atoms with E-state index in [1.54, 1.807) is 0 Å². The Kier molecular flexibility index (Phi) is 3.40. The summed E-state index contributed by atoms with van der Waals surface area (Å²) in [7, 11) is 2.08. The molecule has 0 amide bonds. The molecule has 2 nitrogen and oxygen atoms in total. The molecular weight excluding hydrogens is 192 g/mol. The molecule has 0 aliphatic carbocycles. The minimum Gasteiger partial charge on any atom is -0.316 e. The van der Waals surface area contributed by atoms with Crippen LogP contribution in [0.1, 0.15) is 26.2 Å². The molecule has 2 heterocycles. The Bertz CT molecular complexity index is 190. The summed E-state index contributed by atoms with van der Waals surface area (Å²) in [5.41, 5.74) is 0. The molecule has 0 aromatic heterocycles. The Balaban J connectivity index is 1.80. The molecule has 0 aromatic carbocycles. The second-order valence-electron chi connectivity index (χ2n) is 4.91. The Hall–Kier alpha value is 0.270. The molecule has 1 N–H and O–H groups in total. The van der Waals surface area contributed by atoms with Crippen molar-refractivity contribution < 1.29 is 0 Å². The number of thioether (sulfide) groups is 1. The van der Waals surface area contributed by atoms with E-state index in [0.29, 0.717) is 4.75 Å². The van der Waals surface area contributed by atoms with Gasteiger partial charge in [-0.05, 0) is 45.5 Å². The van der Waals surface area contributed by atoms with Crippen LogP contribution >= 0.6 is 11.8 Å². The van der Waals surface area contributed by atoms with Gasteiger partial charge >= 0.3 is 0 Å². The van der Waals surface area contributed by atoms with E-state index >= 15 is 0 Å². The highest BCUT2D eigenvalue weighted by Gasteiger charge is 2.33. The quantitative estimate of drug-likeness (QED) is 0.768. The number of hydrogen-bond acceptors (Lipinski definition) is 3. The molecular formula is C11H22N2S. The minimum absolute atomic E-state index is 0.558. The Morgan fingerprint density at radius 3 is 3.00 bits per heavy atom. The maximum atomic E-state index is 3.38. The second kappa shape index (κ2) is 4.42. The largest absolute Gasteiger partial charge is 0.316 e. The summed E-state index contributed by atoms with van der Waals surface area (Å²) in [4.78, 5) is 2.64. The van der Waals surface area contributed by atoms with Crippen molar-refractivity contribution in [3.63, 3.8) is 0 Å². The number of nitrogens with one attached hydrogen (secondary N) is 1. The van der Waals surface area contributed by atoms with Gasteiger partial charge in [0.1, 0.15) is 0 Å². The summed E-state index contributed by atoms with van der Waals surface area (Å²) in [6, 6.07) is 0.741. The normalized spacial score (nSPS) is 39.4. The van der Waals surface area contributed by atoms with E-state index in [0.717, 1.165) is 6.04 Å². The van der Waals surface area contributed by atoms with Crippen molar-refractivity contribution >= 4 is 11.8 Å². The topological polar surface area (TPSA) is 15.3 Å². The molecule has 2 rings (SSSR count). The van der Waals surface area contributed by atoms with Crippen LogP contribution in [0.25, 0.3) is 0 Å². The summed E-state index contributed by atoms with van der Waals surface area (Å²) in [6.07, 6.45) is 4.17. The Morgan fingerprint density at radius 1 is 1.57 bits per heavy atom. The first-order valence-electron chi connectivity index (χ1n) is 5.75. The van der Waals surface area contributed by atoms with Gasteiger partial charge in [0.05, 0.1) is 0 Å². The first kappa shape index (κ1) is 10.8. The van der Waals surface area contributed by atoms with Crippen LogP contribution in [0, 0.1) is 0 Å². The Labute approximate surface area is 91.8 Å². The lowest BCUT2D eigenvalue weighted by molar-refractivity contribution is 0.295. The summed E-state index contributed by atoms with van der Waals surface area (Å²) in [5.74, 6) is 1.37. The van der Waals surface area contributed by atoms with E-state index in [1.165, 1.54) is 44.6 Å². The number of likely N-dealkylation sites (tertiary alicyclic amines) is 1. The predicted octanol–water partition coefficient (Wildman–Crippen LogP) is 1.57. The molecule has 0 bridgehead atoms. The van der Waals surface area contributed by atoms with Gasteiger partial charge in [-0.15, -0.1) is 0 Å². The lowest BCUT2D eigenvalue weighted by Gasteiger charge is -2.28. The van der Waals surface area contributed by atoms with Crippen LogP contribution in [0.5, 0.6) is 0 Å². The fourth-order valence-electron chi connectivity index (χ4n) is 2.65. The van der Waals surface area contributed by atoms with Crippen LogP contribution in [-0.2, 0) is 0 Å². The highest BCUT2D eigenvalue weighted by atomic mass is 32.2. The number of hydrogen-bond donors (Lipinski definition) is 1. The van der Waals surface area contributed by atoms with Gasteiger partial charge in [-0.25, -0.2) is 0 Å². The third-order valence-corrected chi connectivity index (χ3v) is 5.06. The zero-order valence-corrected chi connectivity index (χ0v) is 10.2. The van der Waals surface area contributed by atoms with Crippen LogP contribution in [0.15, 0.2) is 0 Å². The maximum Gasteiger partial charge on any atom is 0.0259 e. The summed E-state index contributed by atoms with van der Waals surface area (Å²) >= 11 is 2.18. The summed E-state index contributed by atoms with van der Waals surface area (Å²) in [5, 5.41) is 3.38. The molecule has 2 aliphatic rings. The molecule has 0 radical (unpaired) electrons. The van der Waals surface area contributed by atoms with E-state index in [9.17, 15) is 0 Å². The van der Waals surface area contributed by atoms with Gasteiger partial charge in [0.15, 0.2) is 0 Å². The molecule has 2 fully saturated rings. The molecule has 14 heavy (non-hydrogen) atoms. The maximum absolute atomic E-state index is 3.38. The minimum atomic E-state index is 0.558. The van der Waals surface area contributed by atoms with E-state index in [2.05, 4.69) is 35.9 Å². The van der Waals surface area contributed by atoms with Crippen LogP contribution in [0.3, 0.4) is 0 Å². The molecule has 82 valence electrons. The zero-order chi connectivity index (χ0) is 10.0. The number of rotatable bonds is 3. The van der Waals surface area contributed by atoms with Gasteiger partial charge < -0.3 is 10.2 Å². The highest BCUT2D eigenvalue weighted by Crippen LogP contribution is 2.38. The van der Waals surface area contributed by atoms with Crippen LogP contribution in [0.2, 0.25) is 0 Å². The molecule has 3 heteroatoms. The van der Waals surface area contributed by atoms with Gasteiger partial charge in [0.2, 0.25) is 0 Å². The summed E-state index contributed by atoms with van der Waals surface area (Å²) in [6.45, 7) is 6.29. The van der Waals surface area contributed by atoms with E-state index in [-0.39, 0.29) is 0 Å². The van der Waals surface area contributed by atoms with Crippen molar-refractivity contribution in [2.75, 3.05) is 32.4 Å². The second-order valence-corrected chi connectivity index (χ2v) is 6.59. The number of nitrogens with zero attached hydrogens (tertiary/aromatic N) is 1. The van der Waals surface area contributed by atoms with Gasteiger partial charge in [-0.2, -0.15) is 11.8 Å². The fourth-order valence-corrected chi connectivity index (χ4v) is 3.99. The molecule has 2 unspecified atom stereocenters. The predicted molar refractivity (Wildman–Crippen MR) is 64.0 cm³/mol. The van der Waals surface area contributed by atoms with E-state index in [1.807, 2.05) is 0 Å². The monoisotopic (exact) mass is 214 g/mol. The molecule has 2 atom stereocenters. The fraction of sp³-hybridized carbons (Fsp3) is 1.00. The first-order chi connectivity index (χ1) is 6.72. The van der Waals surface area contributed by atoms with Gasteiger partial charge in [-0.1, -0.05) is 0 Å². The smallest absolute Gasteiger partial charge is 0.0259 e. The zero-order valence-electron chi connectivity index (χ0n) is 9.38. The third kappa shape index (κ3) is 2.44. The first-order valence-corrected chi connectivity index (χ1v) is 6.74. The van der Waals surface area contributed by atoms with Crippen LogP contribution in [0.4, 0.5) is 0 Å². The molecule has 2 saturated heterocycles. The highest BCUT2D eigenvalue weighted by molar-refractivity contribution is 8.00. The van der Waals surface area contributed by atoms with Gasteiger partial charge in [-0.3, -0.25) is 0 Å². The lowest BCUT2D eigenvalue weighted by Crippen LogP contribution is -2.37. The van der Waals surface area contributed by atoms with Gasteiger partial charge in [0.25, 0.3) is 0 Å². The van der Waals surface area contributed by atoms with Crippen molar-refractivity contribution in [2.45, 2.75) is 37.0 Å². The van der Waals surface area contributed by atoms with E-state index in [4.69, 9.17) is 0 Å². The standard InChI is InChI=1S/C11H22N2S/c1-11(5-3-7-14-11)9-13-6-4-10(8-13)12-2/h10,12H,3-9H2,1-2H3. The average Bonchev–Trinajstić information content (AvgIpc) is 2.75. The van der Waals surface area contributed by atoms with Crippen molar-refractivity contribution in [3.05, 3.63) is 0 Å². The third-order valence-electron chi connectivity index (χ3n) is 3.54. The van der Waals surface area contributed by atoms with Crippen LogP contribution in [-0.4, -0.2) is 48.1 Å². The van der Waals surface area contributed by atoms with Gasteiger partial charge in [0, 0.05) is 23.9 Å². The van der Waals surface area contributed by atoms with Crippen molar-refractivity contribution in [2.24, 2.45) is 0 Å². The molecule has 2 aliphatic heterocycles.